The van der Waals surface area contributed by atoms with Crippen LogP contribution in [0.15, 0.2) is 65.8 Å². The summed E-state index contributed by atoms with van der Waals surface area (Å²) in [6.45, 7) is -0.214. The molecule has 0 aliphatic heterocycles. The van der Waals surface area contributed by atoms with E-state index in [4.69, 9.17) is 9.47 Å². The summed E-state index contributed by atoms with van der Waals surface area (Å²) < 4.78 is 39.4. The smallest absolute Gasteiger partial charge is 0.337 e. The lowest BCUT2D eigenvalue weighted by atomic mass is 10.1. The van der Waals surface area contributed by atoms with E-state index in [0.717, 1.165) is 24.8 Å². The van der Waals surface area contributed by atoms with Gasteiger partial charge in [-0.2, -0.15) is 0 Å². The molecule has 1 aliphatic carbocycles. The second-order valence-electron chi connectivity index (χ2n) is 7.63. The van der Waals surface area contributed by atoms with Gasteiger partial charge in [0.2, 0.25) is 0 Å². The van der Waals surface area contributed by atoms with Crippen LogP contribution < -0.4 is 9.04 Å². The molecule has 172 valence electrons. The van der Waals surface area contributed by atoms with Gasteiger partial charge in [0, 0.05) is 18.1 Å². The van der Waals surface area contributed by atoms with Gasteiger partial charge >= 0.3 is 5.97 Å². The summed E-state index contributed by atoms with van der Waals surface area (Å²) in [6, 6.07) is 16.3. The average Bonchev–Trinajstić information content (AvgIpc) is 3.29. The number of esters is 1. The van der Waals surface area contributed by atoms with Crippen molar-refractivity contribution in [3.63, 3.8) is 0 Å². The molecule has 0 radical (unpaired) electrons. The summed E-state index contributed by atoms with van der Waals surface area (Å²) in [5, 5.41) is 0.628. The Labute approximate surface area is 195 Å². The Hall–Kier alpha value is -3.13. The Morgan fingerprint density at radius 1 is 1.12 bits per heavy atom. The molecule has 1 heterocycles. The molecular weight excluding hydrogens is 446 g/mol. The average molecular weight is 471 g/mol. The SMILES string of the molecule is COC(=O)c1ccc(COc2cc3c(cc2N(CC(F)F)Sc2ccccn2)CCC3)cc1. The number of fused-ring (bicyclic) bond motifs is 1. The van der Waals surface area contributed by atoms with Gasteiger partial charge in [0.05, 0.1) is 24.9 Å². The van der Waals surface area contributed by atoms with Crippen molar-refractivity contribution in [1.82, 2.24) is 4.98 Å². The summed E-state index contributed by atoms with van der Waals surface area (Å²) in [4.78, 5) is 15.9. The van der Waals surface area contributed by atoms with Crippen LogP contribution in [-0.2, 0) is 24.2 Å². The maximum atomic E-state index is 13.5. The van der Waals surface area contributed by atoms with Crippen molar-refractivity contribution in [2.24, 2.45) is 0 Å². The molecule has 0 atom stereocenters. The van der Waals surface area contributed by atoms with E-state index in [9.17, 15) is 13.6 Å². The number of hydrogen-bond donors (Lipinski definition) is 0. The van der Waals surface area contributed by atoms with E-state index in [0.29, 0.717) is 22.0 Å². The second kappa shape index (κ2) is 10.7. The van der Waals surface area contributed by atoms with Gasteiger partial charge in [0.1, 0.15) is 17.4 Å². The van der Waals surface area contributed by atoms with Crippen molar-refractivity contribution in [1.29, 1.82) is 0 Å². The van der Waals surface area contributed by atoms with E-state index >= 15 is 0 Å². The number of anilines is 1. The van der Waals surface area contributed by atoms with Gasteiger partial charge in [-0.1, -0.05) is 18.2 Å². The first-order valence-electron chi connectivity index (χ1n) is 10.6. The molecule has 0 bridgehead atoms. The van der Waals surface area contributed by atoms with Crippen molar-refractivity contribution in [2.75, 3.05) is 18.0 Å². The molecule has 1 aliphatic rings. The summed E-state index contributed by atoms with van der Waals surface area (Å²) in [5.74, 6) is 0.148. The van der Waals surface area contributed by atoms with Gasteiger partial charge in [0.25, 0.3) is 6.43 Å². The molecule has 0 amide bonds. The maximum Gasteiger partial charge on any atom is 0.337 e. The minimum absolute atomic E-state index is 0.240. The monoisotopic (exact) mass is 470 g/mol. The van der Waals surface area contributed by atoms with Crippen LogP contribution in [0.3, 0.4) is 0 Å². The Morgan fingerprint density at radius 2 is 1.88 bits per heavy atom. The highest BCUT2D eigenvalue weighted by Gasteiger charge is 2.23. The van der Waals surface area contributed by atoms with Crippen molar-refractivity contribution in [3.05, 3.63) is 83.0 Å². The van der Waals surface area contributed by atoms with E-state index < -0.39 is 18.9 Å². The molecule has 0 fully saturated rings. The molecule has 2 aromatic carbocycles. The first-order chi connectivity index (χ1) is 16.0. The predicted octanol–water partition coefficient (Wildman–Crippen LogP) is 5.71. The molecule has 0 spiro atoms. The number of benzene rings is 2. The molecule has 0 unspecified atom stereocenters. The maximum absolute atomic E-state index is 13.5. The Kier molecular flexibility index (Phi) is 7.44. The van der Waals surface area contributed by atoms with Crippen LogP contribution >= 0.6 is 11.9 Å². The third-order valence-corrected chi connectivity index (χ3v) is 6.35. The predicted molar refractivity (Wildman–Crippen MR) is 124 cm³/mol. The van der Waals surface area contributed by atoms with Gasteiger partial charge in [-0.25, -0.2) is 18.6 Å². The Balaban J connectivity index is 1.60. The Bertz CT molecular complexity index is 1090. The first-order valence-corrected chi connectivity index (χ1v) is 11.4. The number of carbonyl (C=O) groups is 1. The number of pyridine rings is 1. The van der Waals surface area contributed by atoms with Crippen molar-refractivity contribution in [2.45, 2.75) is 37.3 Å². The van der Waals surface area contributed by atoms with Gasteiger partial charge in [0.15, 0.2) is 0 Å². The number of aromatic nitrogens is 1. The first kappa shape index (κ1) is 23.0. The summed E-state index contributed by atoms with van der Waals surface area (Å²) in [5.41, 5.74) is 4.27. The number of hydrogen-bond acceptors (Lipinski definition) is 6. The zero-order valence-corrected chi connectivity index (χ0v) is 19.0. The molecule has 33 heavy (non-hydrogen) atoms. The van der Waals surface area contributed by atoms with Crippen LogP contribution in [0, 0.1) is 0 Å². The van der Waals surface area contributed by atoms with Gasteiger partial charge in [-0.3, -0.25) is 0 Å². The van der Waals surface area contributed by atoms with Crippen LogP contribution in [0.5, 0.6) is 5.75 Å². The minimum Gasteiger partial charge on any atom is -0.487 e. The Morgan fingerprint density at radius 3 is 2.55 bits per heavy atom. The summed E-state index contributed by atoms with van der Waals surface area (Å²) >= 11 is 1.17. The fraction of sp³-hybridized carbons (Fsp3) is 0.280. The number of aryl methyl sites for hydroxylation is 2. The van der Waals surface area contributed by atoms with Crippen molar-refractivity contribution >= 4 is 23.6 Å². The number of rotatable bonds is 9. The molecule has 0 saturated carbocycles. The third-order valence-electron chi connectivity index (χ3n) is 5.36. The van der Waals surface area contributed by atoms with Crippen LogP contribution in [0.25, 0.3) is 0 Å². The molecule has 4 rings (SSSR count). The van der Waals surface area contributed by atoms with Crippen LogP contribution in [-0.4, -0.2) is 31.0 Å². The summed E-state index contributed by atoms with van der Waals surface area (Å²) in [6.07, 6.45) is 2.03. The second-order valence-corrected chi connectivity index (χ2v) is 8.67. The van der Waals surface area contributed by atoms with E-state index in [-0.39, 0.29) is 6.61 Å². The van der Waals surface area contributed by atoms with Gasteiger partial charge < -0.3 is 13.8 Å². The zero-order chi connectivity index (χ0) is 23.2. The van der Waals surface area contributed by atoms with Crippen LogP contribution in [0.4, 0.5) is 14.5 Å². The zero-order valence-electron chi connectivity index (χ0n) is 18.2. The number of carbonyl (C=O) groups excluding carboxylic acids is 1. The molecule has 3 aromatic rings. The minimum atomic E-state index is -2.52. The van der Waals surface area contributed by atoms with E-state index in [2.05, 4.69) is 4.98 Å². The van der Waals surface area contributed by atoms with Crippen molar-refractivity contribution < 1.29 is 23.0 Å². The standard InChI is InChI=1S/C25H24F2N2O3S/c1-31-25(30)18-10-8-17(9-11-18)16-32-22-14-20-6-4-5-19(20)13-21(22)29(15-23(26)27)33-24-7-2-3-12-28-24/h2-3,7-14,23H,4-6,15-16H2,1H3. The van der Waals surface area contributed by atoms with Crippen molar-refractivity contribution in [3.8, 4) is 5.75 Å². The third kappa shape index (κ3) is 5.82. The van der Waals surface area contributed by atoms with Gasteiger partial charge in [-0.05, 0) is 72.4 Å². The van der Waals surface area contributed by atoms with E-state index in [1.807, 2.05) is 18.2 Å². The fourth-order valence-corrected chi connectivity index (χ4v) is 4.64. The lowest BCUT2D eigenvalue weighted by molar-refractivity contribution is 0.0600. The highest BCUT2D eigenvalue weighted by Crippen LogP contribution is 2.40. The number of methoxy groups -OCH3 is 1. The number of alkyl halides is 2. The number of ether oxygens (including phenoxy) is 2. The molecule has 0 N–H and O–H groups in total. The molecule has 0 saturated heterocycles. The highest BCUT2D eigenvalue weighted by atomic mass is 32.2. The highest BCUT2D eigenvalue weighted by molar-refractivity contribution is 8.00. The normalized spacial score (nSPS) is 12.5. The molecule has 8 heteroatoms. The topological polar surface area (TPSA) is 51.7 Å². The lowest BCUT2D eigenvalue weighted by Gasteiger charge is -2.26. The van der Waals surface area contributed by atoms with Crippen LogP contribution in [0.2, 0.25) is 0 Å². The van der Waals surface area contributed by atoms with E-state index in [1.165, 1.54) is 30.2 Å². The summed E-state index contributed by atoms with van der Waals surface area (Å²) in [7, 11) is 1.34. The molecule has 1 aromatic heterocycles. The molecule has 5 nitrogen and oxygen atoms in total. The fourth-order valence-electron chi connectivity index (χ4n) is 3.74. The molecular formula is C25H24F2N2O3S. The van der Waals surface area contributed by atoms with Crippen LogP contribution in [0.1, 0.15) is 33.5 Å². The number of nitrogens with zero attached hydrogens (tertiary/aromatic N) is 2. The largest absolute Gasteiger partial charge is 0.487 e. The van der Waals surface area contributed by atoms with E-state index in [1.54, 1.807) is 46.9 Å². The number of halogens is 2. The van der Waals surface area contributed by atoms with Gasteiger partial charge in [-0.15, -0.1) is 0 Å². The lowest BCUT2D eigenvalue weighted by Crippen LogP contribution is -2.23. The quantitative estimate of drug-likeness (QED) is 0.295.